The van der Waals surface area contributed by atoms with E-state index < -0.39 is 0 Å². The molecule has 0 radical (unpaired) electrons. The fourth-order valence-electron chi connectivity index (χ4n) is 1.61. The average Bonchev–Trinajstić information content (AvgIpc) is 2.37. The van der Waals surface area contributed by atoms with Crippen LogP contribution < -0.4 is 11.1 Å². The van der Waals surface area contributed by atoms with Crippen molar-refractivity contribution in [1.29, 1.82) is 0 Å². The number of rotatable bonds is 6. The lowest BCUT2D eigenvalue weighted by Crippen LogP contribution is -2.39. The number of nitrogens with two attached hydrogens (primary N) is 1. The topological polar surface area (TPSA) is 75.3 Å². The standard InChI is InChI=1S/C14H22N2O2/c1-10(9-15)14(18)16-11(2)3-4-12-5-7-13(17)8-6-12/h5-8,10-11,17H,3-4,9,15H2,1-2H3,(H,16,18). The summed E-state index contributed by atoms with van der Waals surface area (Å²) in [6.45, 7) is 4.18. The van der Waals surface area contributed by atoms with Crippen molar-refractivity contribution in [2.75, 3.05) is 6.54 Å². The lowest BCUT2D eigenvalue weighted by atomic mass is 10.1. The second-order valence-electron chi connectivity index (χ2n) is 4.75. The number of carbonyl (C=O) groups excluding carboxylic acids is 1. The van der Waals surface area contributed by atoms with Gasteiger partial charge in [0.15, 0.2) is 0 Å². The van der Waals surface area contributed by atoms with Gasteiger partial charge in [0, 0.05) is 18.5 Å². The fraction of sp³-hybridized carbons (Fsp3) is 0.500. The molecule has 0 aromatic heterocycles. The second kappa shape index (κ2) is 7.01. The van der Waals surface area contributed by atoms with Crippen LogP contribution in [0.15, 0.2) is 24.3 Å². The maximum Gasteiger partial charge on any atom is 0.224 e. The Bertz CT molecular complexity index is 376. The van der Waals surface area contributed by atoms with Crippen LogP contribution in [0.5, 0.6) is 5.75 Å². The van der Waals surface area contributed by atoms with Crippen LogP contribution >= 0.6 is 0 Å². The van der Waals surface area contributed by atoms with E-state index in [0.717, 1.165) is 18.4 Å². The molecule has 1 aromatic carbocycles. The van der Waals surface area contributed by atoms with Gasteiger partial charge in [-0.25, -0.2) is 0 Å². The number of phenols is 1. The zero-order valence-corrected chi connectivity index (χ0v) is 11.0. The number of amides is 1. The number of hydrogen-bond donors (Lipinski definition) is 3. The molecular formula is C14H22N2O2. The van der Waals surface area contributed by atoms with Gasteiger partial charge in [0.2, 0.25) is 5.91 Å². The summed E-state index contributed by atoms with van der Waals surface area (Å²) in [7, 11) is 0. The predicted molar refractivity (Wildman–Crippen MR) is 72.3 cm³/mol. The van der Waals surface area contributed by atoms with E-state index in [4.69, 9.17) is 5.73 Å². The molecule has 0 saturated carbocycles. The highest BCUT2D eigenvalue weighted by Gasteiger charge is 2.13. The van der Waals surface area contributed by atoms with Gasteiger partial charge in [0.1, 0.15) is 5.75 Å². The van der Waals surface area contributed by atoms with Crippen LogP contribution in [0.25, 0.3) is 0 Å². The number of carbonyl (C=O) groups is 1. The third kappa shape index (κ3) is 4.75. The molecule has 0 spiro atoms. The van der Waals surface area contributed by atoms with E-state index in [-0.39, 0.29) is 23.6 Å². The molecule has 0 aliphatic carbocycles. The van der Waals surface area contributed by atoms with Crippen molar-refractivity contribution in [3.8, 4) is 5.75 Å². The molecule has 1 amide bonds. The number of phenolic OH excluding ortho intramolecular Hbond substituents is 1. The summed E-state index contributed by atoms with van der Waals surface area (Å²) < 4.78 is 0. The first-order valence-corrected chi connectivity index (χ1v) is 6.31. The van der Waals surface area contributed by atoms with Crippen LogP contribution in [0.1, 0.15) is 25.8 Å². The largest absolute Gasteiger partial charge is 0.508 e. The summed E-state index contributed by atoms with van der Waals surface area (Å²) in [5.74, 6) is 0.147. The van der Waals surface area contributed by atoms with E-state index in [1.807, 2.05) is 26.0 Å². The SMILES string of the molecule is CC(CCc1ccc(O)cc1)NC(=O)C(C)CN. The lowest BCUT2D eigenvalue weighted by Gasteiger charge is -2.16. The molecule has 0 aliphatic heterocycles. The Morgan fingerprint density at radius 3 is 2.50 bits per heavy atom. The van der Waals surface area contributed by atoms with Crippen molar-refractivity contribution in [2.45, 2.75) is 32.7 Å². The smallest absolute Gasteiger partial charge is 0.224 e. The van der Waals surface area contributed by atoms with Crippen molar-refractivity contribution < 1.29 is 9.90 Å². The summed E-state index contributed by atoms with van der Waals surface area (Å²) in [6, 6.07) is 7.27. The van der Waals surface area contributed by atoms with E-state index in [2.05, 4.69) is 5.32 Å². The molecule has 1 rings (SSSR count). The molecule has 4 heteroatoms. The first-order chi connectivity index (χ1) is 8.52. The van der Waals surface area contributed by atoms with Crippen LogP contribution in [-0.4, -0.2) is 23.6 Å². The molecule has 2 unspecified atom stereocenters. The molecule has 4 nitrogen and oxygen atoms in total. The molecule has 0 aliphatic rings. The highest BCUT2D eigenvalue weighted by atomic mass is 16.3. The summed E-state index contributed by atoms with van der Waals surface area (Å²) in [5.41, 5.74) is 6.60. The number of aromatic hydroxyl groups is 1. The molecule has 100 valence electrons. The van der Waals surface area contributed by atoms with Crippen molar-refractivity contribution in [1.82, 2.24) is 5.32 Å². The van der Waals surface area contributed by atoms with Crippen LogP contribution in [-0.2, 0) is 11.2 Å². The molecule has 18 heavy (non-hydrogen) atoms. The Kier molecular flexibility index (Phi) is 5.65. The zero-order chi connectivity index (χ0) is 13.5. The minimum atomic E-state index is -0.138. The summed E-state index contributed by atoms with van der Waals surface area (Å²) >= 11 is 0. The Hall–Kier alpha value is -1.55. The Morgan fingerprint density at radius 1 is 1.33 bits per heavy atom. The van der Waals surface area contributed by atoms with E-state index in [0.29, 0.717) is 6.54 Å². The van der Waals surface area contributed by atoms with Gasteiger partial charge in [-0.15, -0.1) is 0 Å². The lowest BCUT2D eigenvalue weighted by molar-refractivity contribution is -0.124. The van der Waals surface area contributed by atoms with Gasteiger partial charge < -0.3 is 16.2 Å². The van der Waals surface area contributed by atoms with Gasteiger partial charge in [0.05, 0.1) is 0 Å². The zero-order valence-electron chi connectivity index (χ0n) is 11.0. The van der Waals surface area contributed by atoms with Crippen LogP contribution in [0.3, 0.4) is 0 Å². The van der Waals surface area contributed by atoms with E-state index in [9.17, 15) is 9.90 Å². The summed E-state index contributed by atoms with van der Waals surface area (Å²) in [4.78, 5) is 11.6. The van der Waals surface area contributed by atoms with Gasteiger partial charge >= 0.3 is 0 Å². The minimum Gasteiger partial charge on any atom is -0.508 e. The van der Waals surface area contributed by atoms with Crippen LogP contribution in [0, 0.1) is 5.92 Å². The van der Waals surface area contributed by atoms with Crippen LogP contribution in [0.4, 0.5) is 0 Å². The second-order valence-corrected chi connectivity index (χ2v) is 4.75. The number of nitrogens with one attached hydrogen (secondary N) is 1. The van der Waals surface area contributed by atoms with Crippen molar-refractivity contribution in [3.05, 3.63) is 29.8 Å². The van der Waals surface area contributed by atoms with Gasteiger partial charge in [-0.05, 0) is 37.5 Å². The van der Waals surface area contributed by atoms with Gasteiger partial charge in [-0.1, -0.05) is 19.1 Å². The number of benzene rings is 1. The van der Waals surface area contributed by atoms with E-state index in [1.165, 1.54) is 0 Å². The van der Waals surface area contributed by atoms with Crippen molar-refractivity contribution in [3.63, 3.8) is 0 Å². The van der Waals surface area contributed by atoms with Gasteiger partial charge in [-0.2, -0.15) is 0 Å². The average molecular weight is 250 g/mol. The third-order valence-electron chi connectivity index (χ3n) is 2.99. The molecule has 1 aromatic rings. The molecule has 0 heterocycles. The van der Waals surface area contributed by atoms with E-state index in [1.54, 1.807) is 12.1 Å². The van der Waals surface area contributed by atoms with Crippen molar-refractivity contribution in [2.24, 2.45) is 11.7 Å². The molecular weight excluding hydrogens is 228 g/mol. The molecule has 0 saturated heterocycles. The molecule has 0 fully saturated rings. The van der Waals surface area contributed by atoms with Crippen LogP contribution in [0.2, 0.25) is 0 Å². The quantitative estimate of drug-likeness (QED) is 0.715. The first-order valence-electron chi connectivity index (χ1n) is 6.31. The van der Waals surface area contributed by atoms with Gasteiger partial charge in [-0.3, -0.25) is 4.79 Å². The Balaban J connectivity index is 2.35. The normalized spacial score (nSPS) is 13.9. The minimum absolute atomic E-state index is 0.00991. The summed E-state index contributed by atoms with van der Waals surface area (Å²) in [5, 5.41) is 12.1. The molecule has 0 bridgehead atoms. The Morgan fingerprint density at radius 2 is 1.94 bits per heavy atom. The first kappa shape index (κ1) is 14.5. The number of hydrogen-bond acceptors (Lipinski definition) is 3. The number of aryl methyl sites for hydroxylation is 1. The predicted octanol–water partition coefficient (Wildman–Crippen LogP) is 1.42. The Labute approximate surface area is 108 Å². The maximum atomic E-state index is 11.6. The molecule has 4 N–H and O–H groups in total. The maximum absolute atomic E-state index is 11.6. The third-order valence-corrected chi connectivity index (χ3v) is 2.99. The van der Waals surface area contributed by atoms with E-state index >= 15 is 0 Å². The summed E-state index contributed by atoms with van der Waals surface area (Å²) in [6.07, 6.45) is 1.74. The molecule has 2 atom stereocenters. The monoisotopic (exact) mass is 250 g/mol. The highest BCUT2D eigenvalue weighted by Crippen LogP contribution is 2.12. The highest BCUT2D eigenvalue weighted by molar-refractivity contribution is 5.78. The van der Waals surface area contributed by atoms with Crippen molar-refractivity contribution >= 4 is 5.91 Å². The fourth-order valence-corrected chi connectivity index (χ4v) is 1.61. The van der Waals surface area contributed by atoms with Gasteiger partial charge in [0.25, 0.3) is 0 Å².